The first-order chi connectivity index (χ1) is 15.8. The van der Waals surface area contributed by atoms with Crippen molar-refractivity contribution in [3.63, 3.8) is 0 Å². The van der Waals surface area contributed by atoms with Crippen molar-refractivity contribution in [2.45, 2.75) is 105 Å². The zero-order valence-electron chi connectivity index (χ0n) is 23.2. The van der Waals surface area contributed by atoms with Gasteiger partial charge in [0.05, 0.1) is 11.2 Å². The Morgan fingerprint density at radius 3 is 1.03 bits per heavy atom. The maximum Gasteiger partial charge on any atom is 0.459 e. The summed E-state index contributed by atoms with van der Waals surface area (Å²) in [7, 11) is -4.24. The Hall–Kier alpha value is -1.61. The number of para-hydroxylation sites is 2. The molecule has 2 aromatic carbocycles. The van der Waals surface area contributed by atoms with Crippen molar-refractivity contribution in [3.05, 3.63) is 60.7 Å². The van der Waals surface area contributed by atoms with Gasteiger partial charge in [-0.05, 0) is 77.9 Å². The summed E-state index contributed by atoms with van der Waals surface area (Å²) >= 11 is 0. The molecular formula is C28H48O4Si2. The van der Waals surface area contributed by atoms with Gasteiger partial charge in [-0.15, -0.1) is 0 Å². The Morgan fingerprint density at radius 2 is 0.794 bits per heavy atom. The first-order valence-electron chi connectivity index (χ1n) is 12.7. The molecule has 0 spiro atoms. The van der Waals surface area contributed by atoms with Crippen molar-refractivity contribution in [3.8, 4) is 11.5 Å². The van der Waals surface area contributed by atoms with Crippen LogP contribution in [0.25, 0.3) is 0 Å². The predicted molar refractivity (Wildman–Crippen MR) is 149 cm³/mol. The number of rotatable bonds is 10. The zero-order valence-corrected chi connectivity index (χ0v) is 25.2. The van der Waals surface area contributed by atoms with E-state index in [1.54, 1.807) is 0 Å². The minimum Gasteiger partial charge on any atom is -0.512 e. The smallest absolute Gasteiger partial charge is 0.459 e. The lowest BCUT2D eigenvalue weighted by Gasteiger charge is -2.40. The molecule has 0 heterocycles. The molecule has 0 fully saturated rings. The van der Waals surface area contributed by atoms with E-state index in [1.165, 1.54) is 0 Å². The Balaban J connectivity index is 0.000000352. The van der Waals surface area contributed by atoms with Gasteiger partial charge in [0, 0.05) is 12.1 Å². The summed E-state index contributed by atoms with van der Waals surface area (Å²) < 4.78 is 24.9. The second-order valence-corrected chi connectivity index (χ2v) is 17.8. The molecular weight excluding hydrogens is 456 g/mol. The normalized spacial score (nSPS) is 12.5. The van der Waals surface area contributed by atoms with Crippen LogP contribution >= 0.6 is 0 Å². The molecule has 0 radical (unpaired) electrons. The van der Waals surface area contributed by atoms with Crippen LogP contribution in [0.5, 0.6) is 11.5 Å². The van der Waals surface area contributed by atoms with Gasteiger partial charge in [-0.1, -0.05) is 64.1 Å². The van der Waals surface area contributed by atoms with E-state index in [0.29, 0.717) is 0 Å². The molecule has 0 aliphatic carbocycles. The second kappa shape index (κ2) is 13.5. The number of hydrogen-bond acceptors (Lipinski definition) is 4. The topological polar surface area (TPSA) is 36.9 Å². The molecule has 6 heteroatoms. The summed E-state index contributed by atoms with van der Waals surface area (Å²) in [4.78, 5) is 0. The summed E-state index contributed by atoms with van der Waals surface area (Å²) in [5, 5.41) is 0. The van der Waals surface area contributed by atoms with Crippen molar-refractivity contribution >= 4 is 17.1 Å². The van der Waals surface area contributed by atoms with Crippen molar-refractivity contribution in [1.29, 1.82) is 0 Å². The van der Waals surface area contributed by atoms with Crippen LogP contribution in [0.2, 0.25) is 24.2 Å². The maximum absolute atomic E-state index is 6.22. The van der Waals surface area contributed by atoms with Crippen LogP contribution in [-0.4, -0.2) is 28.3 Å². The van der Waals surface area contributed by atoms with Crippen LogP contribution in [0.15, 0.2) is 60.7 Å². The molecule has 0 saturated heterocycles. The fourth-order valence-electron chi connectivity index (χ4n) is 3.64. The Bertz CT molecular complexity index is 729. The fourth-order valence-corrected chi connectivity index (χ4v) is 9.24. The molecule has 0 bridgehead atoms. The van der Waals surface area contributed by atoms with Gasteiger partial charge in [0.25, 0.3) is 0 Å². The van der Waals surface area contributed by atoms with Gasteiger partial charge in [0.15, 0.2) is 0 Å². The van der Waals surface area contributed by atoms with Crippen molar-refractivity contribution < 1.29 is 17.7 Å². The van der Waals surface area contributed by atoms with Crippen molar-refractivity contribution in [2.24, 2.45) is 0 Å². The quantitative estimate of drug-likeness (QED) is 0.303. The number of hydrogen-bond donors (Lipinski definition) is 0. The average Bonchev–Trinajstić information content (AvgIpc) is 2.78. The Labute approximate surface area is 211 Å². The lowest BCUT2D eigenvalue weighted by Crippen LogP contribution is -2.50. The highest BCUT2D eigenvalue weighted by molar-refractivity contribution is 6.68. The molecule has 2 rings (SSSR count). The molecule has 192 valence electrons. The largest absolute Gasteiger partial charge is 0.512 e. The summed E-state index contributed by atoms with van der Waals surface area (Å²) in [6.07, 6.45) is 0. The van der Waals surface area contributed by atoms with Crippen LogP contribution in [0.3, 0.4) is 0 Å². The molecule has 0 unspecified atom stereocenters. The number of benzene rings is 2. The molecule has 0 N–H and O–H groups in total. The molecule has 0 aliphatic heterocycles. The van der Waals surface area contributed by atoms with Crippen LogP contribution in [-0.2, 0) is 8.85 Å². The third kappa shape index (κ3) is 11.2. The molecule has 4 nitrogen and oxygen atoms in total. The van der Waals surface area contributed by atoms with Crippen molar-refractivity contribution in [1.82, 2.24) is 0 Å². The van der Waals surface area contributed by atoms with Crippen molar-refractivity contribution in [2.75, 3.05) is 0 Å². The van der Waals surface area contributed by atoms with Crippen LogP contribution < -0.4 is 8.85 Å². The van der Waals surface area contributed by atoms with E-state index in [0.717, 1.165) is 35.7 Å². The van der Waals surface area contributed by atoms with Gasteiger partial charge < -0.3 is 17.7 Å². The van der Waals surface area contributed by atoms with E-state index in [-0.39, 0.29) is 11.2 Å². The minimum absolute atomic E-state index is 0.108. The van der Waals surface area contributed by atoms with Crippen LogP contribution in [0.1, 0.15) is 69.2 Å². The van der Waals surface area contributed by atoms with Crippen LogP contribution in [0.4, 0.5) is 0 Å². The van der Waals surface area contributed by atoms with Gasteiger partial charge >= 0.3 is 17.1 Å². The predicted octanol–water partition coefficient (Wildman–Crippen LogP) is 8.73. The zero-order chi connectivity index (χ0) is 25.9. The van der Waals surface area contributed by atoms with Gasteiger partial charge in [-0.25, -0.2) is 0 Å². The molecule has 0 atom stereocenters. The first-order valence-corrected chi connectivity index (χ1v) is 17.2. The van der Waals surface area contributed by atoms with E-state index in [9.17, 15) is 0 Å². The van der Waals surface area contributed by atoms with Gasteiger partial charge in [0.2, 0.25) is 0 Å². The minimum atomic E-state index is -2.23. The summed E-state index contributed by atoms with van der Waals surface area (Å²) in [6.45, 7) is 21.2. The molecule has 0 aliphatic rings. The highest BCUT2D eigenvalue weighted by Crippen LogP contribution is 2.29. The molecule has 0 aromatic heterocycles. The van der Waals surface area contributed by atoms with Gasteiger partial charge in [-0.2, -0.15) is 0 Å². The lowest BCUT2D eigenvalue weighted by molar-refractivity contribution is 0.0150. The lowest BCUT2D eigenvalue weighted by atomic mass is 10.2. The van der Waals surface area contributed by atoms with E-state index >= 15 is 0 Å². The Morgan fingerprint density at radius 1 is 0.500 bits per heavy atom. The second-order valence-electron chi connectivity index (χ2n) is 10.5. The van der Waals surface area contributed by atoms with Gasteiger partial charge in [0.1, 0.15) is 11.5 Å². The summed E-state index contributed by atoms with van der Waals surface area (Å²) in [5.74, 6) is 1.79. The molecule has 0 amide bonds. The standard InChI is InChI=1S/C16H20O2Si.C12H28O2Si/c1-3-19(4-2,17-15-11-7-5-8-12-15)18-16-13-9-6-10-14-16;1-9-15(10-2,13-11(3,4)5)14-12(6,7)8/h5-14H,3-4H2,1-2H3;9-10H2,1-8H3. The molecule has 2 aromatic rings. The fraction of sp³-hybridized carbons (Fsp3) is 0.571. The van der Waals surface area contributed by atoms with Gasteiger partial charge in [-0.3, -0.25) is 0 Å². The first kappa shape index (κ1) is 30.4. The summed E-state index contributed by atoms with van der Waals surface area (Å²) in [6, 6.07) is 23.8. The molecule has 0 saturated carbocycles. The summed E-state index contributed by atoms with van der Waals surface area (Å²) in [5.41, 5.74) is -0.215. The average molecular weight is 505 g/mol. The molecule has 34 heavy (non-hydrogen) atoms. The highest BCUT2D eigenvalue weighted by atomic mass is 28.4. The third-order valence-electron chi connectivity index (χ3n) is 5.23. The van der Waals surface area contributed by atoms with E-state index in [2.05, 4.69) is 69.2 Å². The highest BCUT2D eigenvalue weighted by Gasteiger charge is 2.41. The van der Waals surface area contributed by atoms with E-state index in [1.807, 2.05) is 60.7 Å². The van der Waals surface area contributed by atoms with E-state index < -0.39 is 17.1 Å². The monoisotopic (exact) mass is 504 g/mol. The SMILES string of the molecule is CC[Si](CC)(OC(C)(C)C)OC(C)(C)C.CC[Si](CC)(Oc1ccccc1)Oc1ccccc1. The van der Waals surface area contributed by atoms with E-state index in [4.69, 9.17) is 17.7 Å². The van der Waals surface area contributed by atoms with Crippen LogP contribution in [0, 0.1) is 0 Å². The third-order valence-corrected chi connectivity index (χ3v) is 12.7. The Kier molecular flexibility index (Phi) is 12.1. The maximum atomic E-state index is 6.22.